The monoisotopic (exact) mass is 581 g/mol. The second kappa shape index (κ2) is 13.2. The van der Waals surface area contributed by atoms with E-state index in [9.17, 15) is 27.3 Å². The van der Waals surface area contributed by atoms with E-state index >= 15 is 0 Å². The Hall–Kier alpha value is -3.81. The van der Waals surface area contributed by atoms with E-state index in [4.69, 9.17) is 10.5 Å². The summed E-state index contributed by atoms with van der Waals surface area (Å²) in [6.45, 7) is -0.949. The van der Waals surface area contributed by atoms with Gasteiger partial charge in [-0.25, -0.2) is 8.42 Å². The lowest BCUT2D eigenvalue weighted by atomic mass is 9.84. The van der Waals surface area contributed by atoms with Crippen LogP contribution in [0.4, 0.5) is 14.5 Å². The Morgan fingerprint density at radius 2 is 1.80 bits per heavy atom. The zero-order valence-corrected chi connectivity index (χ0v) is 23.6. The molecule has 1 saturated heterocycles. The fourth-order valence-corrected chi connectivity index (χ4v) is 6.40. The van der Waals surface area contributed by atoms with Crippen LogP contribution in [0, 0.1) is 11.3 Å². The van der Waals surface area contributed by atoms with Crippen molar-refractivity contribution in [3.05, 3.63) is 95.1 Å². The standard InChI is InChI=1S/C31H33F2N3O4S/c1-2-41(38,39)26-13-9-22(10-14-26)27(16-17-34)29-18-24(12-15-28(29)30(35)37)36-19-23(21-6-4-3-5-7-21)8-11-25(36)20-40-31(32)33/h3-7,9-10,12-15,18,23,25,27,31H,2,8,11,16,19-20H2,1H3,(H2,35,37)/t23-,25+,27+/m1/s1. The molecule has 41 heavy (non-hydrogen) atoms. The fraction of sp³-hybridized carbons (Fsp3) is 0.355. The van der Waals surface area contributed by atoms with Gasteiger partial charge < -0.3 is 15.4 Å². The van der Waals surface area contributed by atoms with E-state index < -0.39 is 28.3 Å². The number of alkyl halides is 2. The molecule has 3 aromatic carbocycles. The van der Waals surface area contributed by atoms with Gasteiger partial charge >= 0.3 is 6.61 Å². The van der Waals surface area contributed by atoms with Crippen LogP contribution in [-0.2, 0) is 14.6 Å². The van der Waals surface area contributed by atoms with Crippen molar-refractivity contribution in [1.29, 1.82) is 5.26 Å². The van der Waals surface area contributed by atoms with Gasteiger partial charge in [-0.05, 0) is 59.9 Å². The minimum absolute atomic E-state index is 0.00811. The van der Waals surface area contributed by atoms with Crippen LogP contribution in [0.3, 0.4) is 0 Å². The number of halogens is 2. The Morgan fingerprint density at radius 3 is 2.41 bits per heavy atom. The Bertz CT molecular complexity index is 1490. The number of hydrogen-bond donors (Lipinski definition) is 1. The third-order valence-corrected chi connectivity index (χ3v) is 9.47. The van der Waals surface area contributed by atoms with Gasteiger partial charge in [0.05, 0.1) is 29.4 Å². The number of piperidine rings is 1. The van der Waals surface area contributed by atoms with Crippen LogP contribution in [0.25, 0.3) is 0 Å². The minimum atomic E-state index is -3.42. The van der Waals surface area contributed by atoms with Gasteiger partial charge in [-0.3, -0.25) is 4.79 Å². The smallest absolute Gasteiger partial charge is 0.345 e. The molecule has 0 aromatic heterocycles. The lowest BCUT2D eigenvalue weighted by Crippen LogP contribution is -2.45. The topological polar surface area (TPSA) is 113 Å². The van der Waals surface area contributed by atoms with E-state index in [-0.39, 0.29) is 41.2 Å². The quantitative estimate of drug-likeness (QED) is 0.315. The molecule has 1 amide bonds. The minimum Gasteiger partial charge on any atom is -0.366 e. The Kier molecular flexibility index (Phi) is 9.73. The molecule has 1 fully saturated rings. The van der Waals surface area contributed by atoms with Crippen LogP contribution in [0.2, 0.25) is 0 Å². The summed E-state index contributed by atoms with van der Waals surface area (Å²) in [4.78, 5) is 14.7. The number of carbonyl (C=O) groups excluding carboxylic acids is 1. The lowest BCUT2D eigenvalue weighted by molar-refractivity contribution is -0.133. The highest BCUT2D eigenvalue weighted by Crippen LogP contribution is 2.38. The Morgan fingerprint density at radius 1 is 1.10 bits per heavy atom. The second-order valence-electron chi connectivity index (χ2n) is 10.1. The van der Waals surface area contributed by atoms with E-state index in [0.717, 1.165) is 12.0 Å². The maximum absolute atomic E-state index is 13.0. The normalized spacial score (nSPS) is 18.2. The number of amides is 1. The molecule has 1 aliphatic heterocycles. The second-order valence-corrected chi connectivity index (χ2v) is 12.4. The van der Waals surface area contributed by atoms with Crippen molar-refractivity contribution in [3.63, 3.8) is 0 Å². The average molecular weight is 582 g/mol. The molecule has 0 spiro atoms. The number of sulfone groups is 1. The summed E-state index contributed by atoms with van der Waals surface area (Å²) in [5.74, 6) is -1.14. The molecular formula is C31H33F2N3O4S. The highest BCUT2D eigenvalue weighted by atomic mass is 32.2. The summed E-state index contributed by atoms with van der Waals surface area (Å²) in [6, 6.07) is 23.2. The first-order chi connectivity index (χ1) is 19.6. The predicted octanol–water partition coefficient (Wildman–Crippen LogP) is 5.62. The largest absolute Gasteiger partial charge is 0.366 e. The summed E-state index contributed by atoms with van der Waals surface area (Å²) in [5.41, 5.74) is 8.98. The van der Waals surface area contributed by atoms with Crippen molar-refractivity contribution in [2.24, 2.45) is 5.73 Å². The van der Waals surface area contributed by atoms with Crippen molar-refractivity contribution >= 4 is 21.4 Å². The van der Waals surface area contributed by atoms with Crippen LogP contribution in [0.5, 0.6) is 0 Å². The van der Waals surface area contributed by atoms with Crippen molar-refractivity contribution in [3.8, 4) is 6.07 Å². The number of rotatable bonds is 11. The number of ether oxygens (including phenoxy) is 1. The molecule has 0 bridgehead atoms. The highest BCUT2D eigenvalue weighted by Gasteiger charge is 2.31. The molecule has 1 heterocycles. The molecule has 216 valence electrons. The Balaban J connectivity index is 1.77. The van der Waals surface area contributed by atoms with Gasteiger partial charge in [0.25, 0.3) is 0 Å². The van der Waals surface area contributed by atoms with Crippen LogP contribution in [0.1, 0.15) is 65.1 Å². The molecule has 1 aliphatic rings. The van der Waals surface area contributed by atoms with Crippen LogP contribution in [-0.4, -0.2) is 45.9 Å². The third-order valence-electron chi connectivity index (χ3n) is 7.72. The summed E-state index contributed by atoms with van der Waals surface area (Å²) in [5, 5.41) is 9.69. The van der Waals surface area contributed by atoms with Crippen molar-refractivity contribution in [1.82, 2.24) is 0 Å². The summed E-state index contributed by atoms with van der Waals surface area (Å²) in [7, 11) is -3.42. The predicted molar refractivity (Wildman–Crippen MR) is 153 cm³/mol. The van der Waals surface area contributed by atoms with E-state index in [1.165, 1.54) is 12.1 Å². The molecular weight excluding hydrogens is 548 g/mol. The van der Waals surface area contributed by atoms with Gasteiger partial charge in [0.15, 0.2) is 9.84 Å². The van der Waals surface area contributed by atoms with Crippen LogP contribution < -0.4 is 10.6 Å². The first kappa shape index (κ1) is 30.2. The van der Waals surface area contributed by atoms with Crippen molar-refractivity contribution in [2.75, 3.05) is 23.8 Å². The maximum atomic E-state index is 13.0. The third kappa shape index (κ3) is 7.10. The number of carbonyl (C=O) groups is 1. The fourth-order valence-electron chi connectivity index (χ4n) is 5.51. The van der Waals surface area contributed by atoms with Gasteiger partial charge in [0.2, 0.25) is 5.91 Å². The zero-order chi connectivity index (χ0) is 29.6. The lowest BCUT2D eigenvalue weighted by Gasteiger charge is -2.41. The summed E-state index contributed by atoms with van der Waals surface area (Å²) >= 11 is 0. The number of nitrogens with zero attached hydrogens (tertiary/aromatic N) is 2. The number of primary amides is 1. The molecule has 10 heteroatoms. The number of hydrogen-bond acceptors (Lipinski definition) is 6. The molecule has 3 atom stereocenters. The first-order valence-corrected chi connectivity index (χ1v) is 15.1. The molecule has 3 aromatic rings. The van der Waals surface area contributed by atoms with E-state index in [1.807, 2.05) is 35.2 Å². The maximum Gasteiger partial charge on any atom is 0.345 e. The molecule has 2 N–H and O–H groups in total. The molecule has 0 saturated carbocycles. The molecule has 7 nitrogen and oxygen atoms in total. The molecule has 0 aliphatic carbocycles. The first-order valence-electron chi connectivity index (χ1n) is 13.5. The van der Waals surface area contributed by atoms with Gasteiger partial charge in [-0.15, -0.1) is 0 Å². The van der Waals surface area contributed by atoms with Crippen LogP contribution in [0.15, 0.2) is 77.7 Å². The van der Waals surface area contributed by atoms with Crippen molar-refractivity contribution < 1.29 is 26.7 Å². The Labute approximate surface area is 239 Å². The number of nitriles is 1. The van der Waals surface area contributed by atoms with Crippen LogP contribution >= 0.6 is 0 Å². The van der Waals surface area contributed by atoms with Gasteiger partial charge in [0.1, 0.15) is 0 Å². The van der Waals surface area contributed by atoms with Gasteiger partial charge in [0, 0.05) is 36.1 Å². The SMILES string of the molecule is CCS(=O)(=O)c1ccc([C@H](CC#N)c2cc(N3C[C@H](c4ccccc4)CC[C@H]3COC(F)F)ccc2C(N)=O)cc1. The van der Waals surface area contributed by atoms with Gasteiger partial charge in [-0.2, -0.15) is 14.0 Å². The summed E-state index contributed by atoms with van der Waals surface area (Å²) < 4.78 is 55.4. The number of nitrogens with two attached hydrogens (primary N) is 1. The van der Waals surface area contributed by atoms with Crippen molar-refractivity contribution in [2.45, 2.75) is 55.6 Å². The number of benzene rings is 3. The zero-order valence-electron chi connectivity index (χ0n) is 22.7. The highest BCUT2D eigenvalue weighted by molar-refractivity contribution is 7.91. The van der Waals surface area contributed by atoms with E-state index in [1.54, 1.807) is 37.3 Å². The number of anilines is 1. The summed E-state index contributed by atoms with van der Waals surface area (Å²) in [6.07, 6.45) is 1.43. The van der Waals surface area contributed by atoms with E-state index in [2.05, 4.69) is 6.07 Å². The molecule has 0 radical (unpaired) electrons. The van der Waals surface area contributed by atoms with Gasteiger partial charge in [-0.1, -0.05) is 49.4 Å². The average Bonchev–Trinajstić information content (AvgIpc) is 2.99. The van der Waals surface area contributed by atoms with E-state index in [0.29, 0.717) is 29.8 Å². The molecule has 0 unspecified atom stereocenters. The molecule has 4 rings (SSSR count).